The fourth-order valence-corrected chi connectivity index (χ4v) is 3.40. The zero-order valence-electron chi connectivity index (χ0n) is 21.0. The number of hydrogen-bond donors (Lipinski definition) is 1. The van der Waals surface area contributed by atoms with Gasteiger partial charge in [0.15, 0.2) is 12.4 Å². The average Bonchev–Trinajstić information content (AvgIpc) is 2.87. The van der Waals surface area contributed by atoms with Gasteiger partial charge in [-0.3, -0.25) is 4.79 Å². The Kier molecular flexibility index (Phi) is 12.1. The van der Waals surface area contributed by atoms with Gasteiger partial charge in [-0.15, -0.1) is 0 Å². The lowest BCUT2D eigenvalue weighted by Gasteiger charge is -2.12. The summed E-state index contributed by atoms with van der Waals surface area (Å²) in [5.41, 5.74) is 2.29. The molecular formula is C30H36O5. The van der Waals surface area contributed by atoms with Crippen molar-refractivity contribution in [2.75, 3.05) is 6.61 Å². The molecule has 5 nitrogen and oxygen atoms in total. The van der Waals surface area contributed by atoms with E-state index in [1.165, 1.54) is 31.8 Å². The van der Waals surface area contributed by atoms with E-state index in [0.29, 0.717) is 12.2 Å². The van der Waals surface area contributed by atoms with Crippen LogP contribution in [0.1, 0.15) is 80.8 Å². The normalized spacial score (nSPS) is 11.8. The molecule has 0 amide bonds. The molecule has 0 aliphatic rings. The highest BCUT2D eigenvalue weighted by molar-refractivity contribution is 6.08. The SMILES string of the molecule is C/C=C(/CC)Oc1ccc(C(=O)/C=C/c2ccc(/C=C/CCCCCC)cc2)c(OCC(=O)O)c1. The third-order valence-corrected chi connectivity index (χ3v) is 5.39. The minimum Gasteiger partial charge on any atom is -0.481 e. The van der Waals surface area contributed by atoms with Crippen LogP contribution in [0.2, 0.25) is 0 Å². The smallest absolute Gasteiger partial charge is 0.341 e. The lowest BCUT2D eigenvalue weighted by molar-refractivity contribution is -0.139. The van der Waals surface area contributed by atoms with E-state index in [4.69, 9.17) is 14.6 Å². The Morgan fingerprint density at radius 1 is 0.943 bits per heavy atom. The molecule has 0 aromatic heterocycles. The molecule has 0 heterocycles. The molecule has 0 bridgehead atoms. The summed E-state index contributed by atoms with van der Waals surface area (Å²) in [6, 6.07) is 12.8. The van der Waals surface area contributed by atoms with Gasteiger partial charge in [-0.25, -0.2) is 4.79 Å². The van der Waals surface area contributed by atoms with Gasteiger partial charge < -0.3 is 14.6 Å². The Balaban J connectivity index is 2.09. The molecule has 0 aliphatic heterocycles. The van der Waals surface area contributed by atoms with E-state index >= 15 is 0 Å². The second kappa shape index (κ2) is 15.3. The highest BCUT2D eigenvalue weighted by atomic mass is 16.5. The molecule has 5 heteroatoms. The van der Waals surface area contributed by atoms with E-state index in [9.17, 15) is 9.59 Å². The summed E-state index contributed by atoms with van der Waals surface area (Å²) in [6.07, 6.45) is 16.2. The van der Waals surface area contributed by atoms with Gasteiger partial charge in [-0.2, -0.15) is 0 Å². The van der Waals surface area contributed by atoms with Gasteiger partial charge >= 0.3 is 5.97 Å². The van der Waals surface area contributed by atoms with E-state index in [0.717, 1.165) is 23.3 Å². The van der Waals surface area contributed by atoms with Crippen molar-refractivity contribution in [2.24, 2.45) is 0 Å². The van der Waals surface area contributed by atoms with E-state index in [-0.39, 0.29) is 17.1 Å². The number of carbonyl (C=O) groups excluding carboxylic acids is 1. The maximum Gasteiger partial charge on any atom is 0.341 e. The quantitative estimate of drug-likeness (QED) is 0.123. The number of benzene rings is 2. The Bertz CT molecular complexity index is 1040. The molecule has 0 atom stereocenters. The summed E-state index contributed by atoms with van der Waals surface area (Å²) in [7, 11) is 0. The summed E-state index contributed by atoms with van der Waals surface area (Å²) < 4.78 is 11.2. The summed E-state index contributed by atoms with van der Waals surface area (Å²) in [6.45, 7) is 5.51. The molecule has 35 heavy (non-hydrogen) atoms. The van der Waals surface area contributed by atoms with Crippen LogP contribution in [0.5, 0.6) is 11.5 Å². The zero-order valence-corrected chi connectivity index (χ0v) is 21.0. The molecule has 0 saturated heterocycles. The number of ketones is 1. The van der Waals surface area contributed by atoms with Crippen LogP contribution in [0.25, 0.3) is 12.2 Å². The summed E-state index contributed by atoms with van der Waals surface area (Å²) in [5, 5.41) is 9.00. The van der Waals surface area contributed by atoms with Crippen molar-refractivity contribution in [3.8, 4) is 11.5 Å². The number of hydrogen-bond acceptors (Lipinski definition) is 4. The first-order valence-corrected chi connectivity index (χ1v) is 12.3. The number of rotatable bonds is 15. The highest BCUT2D eigenvalue weighted by Crippen LogP contribution is 2.28. The first kappa shape index (κ1) is 27.6. The number of carboxylic acids is 1. The lowest BCUT2D eigenvalue weighted by atomic mass is 10.1. The first-order chi connectivity index (χ1) is 17.0. The number of ether oxygens (including phenoxy) is 2. The number of carbonyl (C=O) groups is 2. The molecule has 2 rings (SSSR count). The second-order valence-corrected chi connectivity index (χ2v) is 8.17. The molecule has 0 aliphatic carbocycles. The molecule has 0 unspecified atom stereocenters. The van der Waals surface area contributed by atoms with Crippen molar-refractivity contribution in [2.45, 2.75) is 59.3 Å². The van der Waals surface area contributed by atoms with Gasteiger partial charge in [0.2, 0.25) is 0 Å². The molecule has 2 aromatic rings. The number of allylic oxidation sites excluding steroid dienone is 4. The Morgan fingerprint density at radius 3 is 2.29 bits per heavy atom. The van der Waals surface area contributed by atoms with Crippen molar-refractivity contribution < 1.29 is 24.2 Å². The summed E-state index contributed by atoms with van der Waals surface area (Å²) in [4.78, 5) is 23.9. The topological polar surface area (TPSA) is 72.8 Å². The molecule has 0 saturated carbocycles. The minimum atomic E-state index is -1.12. The fourth-order valence-electron chi connectivity index (χ4n) is 3.40. The standard InChI is InChI=1S/C30H36O5/c1-4-7-8-9-10-11-12-23-13-15-24(16-14-23)17-20-28(31)27-19-18-26(35-25(5-2)6-3)21-29(27)34-22-30(32)33/h5,11-21H,4,6-10,22H2,1-3H3,(H,32,33)/b12-11+,20-17+,25-5-. The van der Waals surface area contributed by atoms with Gasteiger partial charge in [-0.05, 0) is 55.2 Å². The van der Waals surface area contributed by atoms with Crippen molar-refractivity contribution >= 4 is 23.9 Å². The van der Waals surface area contributed by atoms with E-state index in [1.54, 1.807) is 24.3 Å². The van der Waals surface area contributed by atoms with Crippen LogP contribution in [0.4, 0.5) is 0 Å². The highest BCUT2D eigenvalue weighted by Gasteiger charge is 2.14. The number of aliphatic carboxylic acids is 1. The Labute approximate surface area is 208 Å². The number of unbranched alkanes of at least 4 members (excludes halogenated alkanes) is 4. The van der Waals surface area contributed by atoms with E-state index in [2.05, 4.69) is 19.1 Å². The predicted octanol–water partition coefficient (Wildman–Crippen LogP) is 7.72. The van der Waals surface area contributed by atoms with Gasteiger partial charge in [-0.1, -0.05) is 75.6 Å². The zero-order chi connectivity index (χ0) is 25.5. The van der Waals surface area contributed by atoms with E-state index in [1.807, 2.05) is 44.2 Å². The third kappa shape index (κ3) is 10.0. The van der Waals surface area contributed by atoms with Gasteiger partial charge in [0.25, 0.3) is 0 Å². The first-order valence-electron chi connectivity index (χ1n) is 12.3. The molecular weight excluding hydrogens is 440 g/mol. The van der Waals surface area contributed by atoms with Gasteiger partial charge in [0, 0.05) is 12.5 Å². The number of carboxylic acid groups (broad SMARTS) is 1. The third-order valence-electron chi connectivity index (χ3n) is 5.39. The summed E-state index contributed by atoms with van der Waals surface area (Å²) >= 11 is 0. The molecule has 0 fully saturated rings. The fraction of sp³-hybridized carbons (Fsp3) is 0.333. The van der Waals surface area contributed by atoms with Crippen LogP contribution in [0.3, 0.4) is 0 Å². The van der Waals surface area contributed by atoms with Crippen LogP contribution in [0, 0.1) is 0 Å². The second-order valence-electron chi connectivity index (χ2n) is 8.17. The van der Waals surface area contributed by atoms with Crippen molar-refractivity contribution in [3.63, 3.8) is 0 Å². The summed E-state index contributed by atoms with van der Waals surface area (Å²) in [5.74, 6) is 0.0150. The molecule has 0 spiro atoms. The maximum absolute atomic E-state index is 12.9. The van der Waals surface area contributed by atoms with Gasteiger partial charge in [0.05, 0.1) is 11.3 Å². The molecule has 1 N–H and O–H groups in total. The Hall–Kier alpha value is -3.60. The average molecular weight is 477 g/mol. The van der Waals surface area contributed by atoms with Crippen molar-refractivity contribution in [3.05, 3.63) is 83.1 Å². The Morgan fingerprint density at radius 2 is 1.66 bits per heavy atom. The molecule has 186 valence electrons. The predicted molar refractivity (Wildman–Crippen MR) is 142 cm³/mol. The van der Waals surface area contributed by atoms with Crippen molar-refractivity contribution in [1.29, 1.82) is 0 Å². The van der Waals surface area contributed by atoms with Crippen LogP contribution in [-0.2, 0) is 4.79 Å². The molecule has 2 aromatic carbocycles. The van der Waals surface area contributed by atoms with Crippen LogP contribution >= 0.6 is 0 Å². The lowest BCUT2D eigenvalue weighted by Crippen LogP contribution is -2.12. The van der Waals surface area contributed by atoms with Gasteiger partial charge in [0.1, 0.15) is 11.5 Å². The van der Waals surface area contributed by atoms with Crippen molar-refractivity contribution in [1.82, 2.24) is 0 Å². The monoisotopic (exact) mass is 476 g/mol. The minimum absolute atomic E-state index is 0.172. The van der Waals surface area contributed by atoms with Crippen LogP contribution < -0.4 is 9.47 Å². The van der Waals surface area contributed by atoms with E-state index < -0.39 is 12.6 Å². The largest absolute Gasteiger partial charge is 0.481 e. The van der Waals surface area contributed by atoms with Crippen LogP contribution in [0.15, 0.2) is 66.5 Å². The van der Waals surface area contributed by atoms with Crippen LogP contribution in [-0.4, -0.2) is 23.5 Å². The molecule has 0 radical (unpaired) electrons. The maximum atomic E-state index is 12.9.